The van der Waals surface area contributed by atoms with Crippen LogP contribution in [0.2, 0.25) is 0 Å². The van der Waals surface area contributed by atoms with Gasteiger partial charge in [0.15, 0.2) is 0 Å². The Bertz CT molecular complexity index is 490. The molecule has 0 saturated heterocycles. The van der Waals surface area contributed by atoms with Crippen LogP contribution in [-0.4, -0.2) is 18.6 Å². The maximum atomic E-state index is 5.39. The Morgan fingerprint density at radius 3 is 3.13 bits per heavy atom. The van der Waals surface area contributed by atoms with Crippen molar-refractivity contribution in [1.29, 1.82) is 0 Å². The Hall–Kier alpha value is -1.39. The number of fused-ring (bicyclic) bond motifs is 1. The van der Waals surface area contributed by atoms with E-state index in [0.717, 1.165) is 21.0 Å². The van der Waals surface area contributed by atoms with Crippen molar-refractivity contribution >= 4 is 27.6 Å². The molecule has 0 aliphatic rings. The molecule has 0 spiro atoms. The van der Waals surface area contributed by atoms with Crippen LogP contribution < -0.4 is 10.5 Å². The average molecular weight is 220 g/mol. The lowest BCUT2D eigenvalue weighted by Crippen LogP contribution is -1.91. The third kappa shape index (κ3) is 2.16. The number of rotatable bonds is 3. The van der Waals surface area contributed by atoms with Gasteiger partial charge in [-0.15, -0.1) is 11.3 Å². The van der Waals surface area contributed by atoms with Crippen LogP contribution in [0.1, 0.15) is 5.01 Å². The topological polar surface area (TPSA) is 48.1 Å². The smallest absolute Gasteiger partial charge is 0.120 e. The first-order chi connectivity index (χ1) is 7.33. The number of benzene rings is 1. The summed E-state index contributed by atoms with van der Waals surface area (Å²) in [6.45, 7) is 0.541. The molecule has 0 bridgehead atoms. The quantitative estimate of drug-likeness (QED) is 0.863. The highest BCUT2D eigenvalue weighted by atomic mass is 32.1. The summed E-state index contributed by atoms with van der Waals surface area (Å²) in [5.74, 6) is 0.862. The standard InChI is InChI=1S/C11H12N2OS/c1-14-8-4-5-9-10(7-8)15-11(13-9)3-2-6-12/h2-5,7H,6,12H2,1H3. The number of nitrogens with two attached hydrogens (primary N) is 1. The molecule has 15 heavy (non-hydrogen) atoms. The van der Waals surface area contributed by atoms with Gasteiger partial charge in [0.1, 0.15) is 10.8 Å². The lowest BCUT2D eigenvalue weighted by Gasteiger charge is -1.96. The van der Waals surface area contributed by atoms with Gasteiger partial charge in [-0.1, -0.05) is 6.08 Å². The predicted octanol–water partition coefficient (Wildman–Crippen LogP) is 2.28. The summed E-state index contributed by atoms with van der Waals surface area (Å²) < 4.78 is 6.28. The number of hydrogen-bond acceptors (Lipinski definition) is 4. The molecular formula is C11H12N2OS. The third-order valence-electron chi connectivity index (χ3n) is 2.01. The van der Waals surface area contributed by atoms with E-state index in [2.05, 4.69) is 4.98 Å². The van der Waals surface area contributed by atoms with Gasteiger partial charge in [0.2, 0.25) is 0 Å². The first-order valence-corrected chi connectivity index (χ1v) is 5.46. The van der Waals surface area contributed by atoms with Gasteiger partial charge in [-0.05, 0) is 24.3 Å². The molecule has 3 nitrogen and oxygen atoms in total. The van der Waals surface area contributed by atoms with E-state index < -0.39 is 0 Å². The van der Waals surface area contributed by atoms with Crippen LogP contribution in [0.15, 0.2) is 24.3 Å². The van der Waals surface area contributed by atoms with E-state index in [0.29, 0.717) is 6.54 Å². The van der Waals surface area contributed by atoms with Gasteiger partial charge in [0.25, 0.3) is 0 Å². The van der Waals surface area contributed by atoms with Crippen molar-refractivity contribution in [2.45, 2.75) is 0 Å². The molecule has 4 heteroatoms. The first-order valence-electron chi connectivity index (χ1n) is 4.64. The van der Waals surface area contributed by atoms with E-state index in [1.54, 1.807) is 18.4 Å². The molecule has 0 unspecified atom stereocenters. The highest BCUT2D eigenvalue weighted by molar-refractivity contribution is 7.19. The fraction of sp³-hybridized carbons (Fsp3) is 0.182. The van der Waals surface area contributed by atoms with Crippen LogP contribution in [0.25, 0.3) is 16.3 Å². The summed E-state index contributed by atoms with van der Waals surface area (Å²) in [5.41, 5.74) is 6.38. The Labute approximate surface area is 92.2 Å². The van der Waals surface area contributed by atoms with Crippen molar-refractivity contribution in [2.75, 3.05) is 13.7 Å². The number of aromatic nitrogens is 1. The van der Waals surface area contributed by atoms with Gasteiger partial charge >= 0.3 is 0 Å². The summed E-state index contributed by atoms with van der Waals surface area (Å²) >= 11 is 1.63. The number of hydrogen-bond donors (Lipinski definition) is 1. The Kier molecular flexibility index (Phi) is 2.99. The monoisotopic (exact) mass is 220 g/mol. The number of ether oxygens (including phenoxy) is 1. The molecule has 1 aromatic carbocycles. The van der Waals surface area contributed by atoms with Gasteiger partial charge in [0, 0.05) is 6.54 Å². The maximum Gasteiger partial charge on any atom is 0.120 e. The van der Waals surface area contributed by atoms with Gasteiger partial charge in [-0.3, -0.25) is 0 Å². The third-order valence-corrected chi connectivity index (χ3v) is 2.99. The zero-order valence-corrected chi connectivity index (χ0v) is 9.25. The van der Waals surface area contributed by atoms with Crippen LogP contribution in [0, 0.1) is 0 Å². The van der Waals surface area contributed by atoms with Crippen molar-refractivity contribution in [3.05, 3.63) is 29.3 Å². The molecule has 0 aliphatic carbocycles. The van der Waals surface area contributed by atoms with E-state index in [1.165, 1.54) is 0 Å². The lowest BCUT2D eigenvalue weighted by atomic mass is 10.3. The minimum Gasteiger partial charge on any atom is -0.497 e. The Morgan fingerprint density at radius 1 is 1.53 bits per heavy atom. The Balaban J connectivity index is 2.42. The van der Waals surface area contributed by atoms with Crippen molar-refractivity contribution in [2.24, 2.45) is 5.73 Å². The highest BCUT2D eigenvalue weighted by Gasteiger charge is 2.02. The molecule has 2 aromatic rings. The molecule has 2 rings (SSSR count). The first kappa shape index (κ1) is 10.1. The fourth-order valence-corrected chi connectivity index (χ4v) is 2.22. The van der Waals surface area contributed by atoms with E-state index in [-0.39, 0.29) is 0 Å². The van der Waals surface area contributed by atoms with Gasteiger partial charge < -0.3 is 10.5 Å². The molecule has 0 saturated carbocycles. The van der Waals surface area contributed by atoms with Crippen LogP contribution in [-0.2, 0) is 0 Å². The number of methoxy groups -OCH3 is 1. The van der Waals surface area contributed by atoms with Crippen molar-refractivity contribution in [3.8, 4) is 5.75 Å². The van der Waals surface area contributed by atoms with Crippen LogP contribution in [0.3, 0.4) is 0 Å². The molecule has 1 aromatic heterocycles. The van der Waals surface area contributed by atoms with E-state index in [1.807, 2.05) is 30.4 Å². The zero-order chi connectivity index (χ0) is 10.7. The average Bonchev–Trinajstić information content (AvgIpc) is 2.67. The second kappa shape index (κ2) is 4.42. The number of thiazole rings is 1. The molecule has 0 amide bonds. The van der Waals surface area contributed by atoms with Crippen molar-refractivity contribution in [3.63, 3.8) is 0 Å². The molecule has 0 radical (unpaired) electrons. The van der Waals surface area contributed by atoms with Gasteiger partial charge in [-0.25, -0.2) is 4.98 Å². The number of nitrogens with zero attached hydrogens (tertiary/aromatic N) is 1. The summed E-state index contributed by atoms with van der Waals surface area (Å²) in [6, 6.07) is 5.87. The molecular weight excluding hydrogens is 208 g/mol. The largest absolute Gasteiger partial charge is 0.497 e. The van der Waals surface area contributed by atoms with Crippen molar-refractivity contribution < 1.29 is 4.74 Å². The normalized spacial score (nSPS) is 11.3. The van der Waals surface area contributed by atoms with Gasteiger partial charge in [0.05, 0.1) is 17.3 Å². The molecule has 0 atom stereocenters. The molecule has 0 fully saturated rings. The van der Waals surface area contributed by atoms with Gasteiger partial charge in [-0.2, -0.15) is 0 Å². The molecule has 78 valence electrons. The lowest BCUT2D eigenvalue weighted by molar-refractivity contribution is 0.415. The fourth-order valence-electron chi connectivity index (χ4n) is 1.29. The van der Waals surface area contributed by atoms with Crippen molar-refractivity contribution in [1.82, 2.24) is 4.98 Å². The Morgan fingerprint density at radius 2 is 2.40 bits per heavy atom. The second-order valence-corrected chi connectivity index (χ2v) is 4.09. The minimum absolute atomic E-state index is 0.541. The van der Waals surface area contributed by atoms with E-state index in [4.69, 9.17) is 10.5 Å². The SMILES string of the molecule is COc1ccc2nc(C=CCN)sc2c1. The highest BCUT2D eigenvalue weighted by Crippen LogP contribution is 2.26. The molecule has 2 N–H and O–H groups in total. The summed E-state index contributed by atoms with van der Waals surface area (Å²) in [5, 5.41) is 0.976. The minimum atomic E-state index is 0.541. The summed E-state index contributed by atoms with van der Waals surface area (Å²) in [4.78, 5) is 4.45. The summed E-state index contributed by atoms with van der Waals surface area (Å²) in [7, 11) is 1.66. The van der Waals surface area contributed by atoms with E-state index in [9.17, 15) is 0 Å². The van der Waals surface area contributed by atoms with E-state index >= 15 is 0 Å². The maximum absolute atomic E-state index is 5.39. The summed E-state index contributed by atoms with van der Waals surface area (Å²) in [6.07, 6.45) is 3.84. The van der Waals surface area contributed by atoms with Crippen LogP contribution in [0.4, 0.5) is 0 Å². The van der Waals surface area contributed by atoms with Crippen LogP contribution >= 0.6 is 11.3 Å². The predicted molar refractivity (Wildman–Crippen MR) is 64.3 cm³/mol. The zero-order valence-electron chi connectivity index (χ0n) is 8.43. The van der Waals surface area contributed by atoms with Crippen LogP contribution in [0.5, 0.6) is 5.75 Å². The molecule has 0 aliphatic heterocycles. The second-order valence-electron chi connectivity index (χ2n) is 3.02. The molecule has 1 heterocycles.